The molecule has 0 unspecified atom stereocenters. The van der Waals surface area contributed by atoms with Crippen LogP contribution in [-0.4, -0.2) is 32.5 Å². The van der Waals surface area contributed by atoms with E-state index < -0.39 is 0 Å². The number of thioether (sulfide) groups is 1. The third kappa shape index (κ3) is 6.78. The zero-order valence-corrected chi connectivity index (χ0v) is 25.8. The van der Waals surface area contributed by atoms with Crippen molar-refractivity contribution in [2.75, 3.05) is 16.0 Å². The van der Waals surface area contributed by atoms with Crippen LogP contribution in [0.3, 0.4) is 0 Å². The Hall–Kier alpha value is -4.10. The van der Waals surface area contributed by atoms with Crippen LogP contribution in [0.1, 0.15) is 63.4 Å². The van der Waals surface area contributed by atoms with Crippen LogP contribution in [0.25, 0.3) is 10.8 Å². The van der Waals surface area contributed by atoms with Gasteiger partial charge in [0.2, 0.25) is 5.91 Å². The quantitative estimate of drug-likeness (QED) is 0.165. The van der Waals surface area contributed by atoms with Crippen LogP contribution in [0.5, 0.6) is 0 Å². The number of nitrogens with one attached hydrogen (secondary N) is 1. The summed E-state index contributed by atoms with van der Waals surface area (Å²) in [6, 6.07) is 34.1. The molecule has 1 amide bonds. The van der Waals surface area contributed by atoms with E-state index >= 15 is 0 Å². The number of amides is 1. The van der Waals surface area contributed by atoms with Gasteiger partial charge in [0.1, 0.15) is 5.82 Å². The van der Waals surface area contributed by atoms with E-state index in [1.54, 1.807) is 0 Å². The molecule has 4 aromatic carbocycles. The second-order valence-corrected chi connectivity index (χ2v) is 12.5. The highest BCUT2D eigenvalue weighted by Crippen LogP contribution is 2.34. The molecule has 1 aromatic heterocycles. The minimum absolute atomic E-state index is 0.0460. The second kappa shape index (κ2) is 13.5. The normalized spacial score (nSPS) is 13.8. The molecule has 7 heteroatoms. The molecule has 1 aliphatic rings. The van der Waals surface area contributed by atoms with Gasteiger partial charge in [0, 0.05) is 35.6 Å². The number of para-hydroxylation sites is 1. The zero-order valence-electron chi connectivity index (χ0n) is 24.9. The fraction of sp³-hybridized carbons (Fsp3) is 0.306. The summed E-state index contributed by atoms with van der Waals surface area (Å²) in [5.74, 6) is 1.22. The van der Waals surface area contributed by atoms with Crippen LogP contribution >= 0.6 is 11.8 Å². The summed E-state index contributed by atoms with van der Waals surface area (Å²) in [5, 5.41) is 15.7. The van der Waals surface area contributed by atoms with E-state index in [9.17, 15) is 4.79 Å². The van der Waals surface area contributed by atoms with Crippen molar-refractivity contribution >= 4 is 45.5 Å². The Morgan fingerprint density at radius 1 is 0.860 bits per heavy atom. The molecular weight excluding hydrogens is 550 g/mol. The van der Waals surface area contributed by atoms with Crippen LogP contribution in [0.2, 0.25) is 0 Å². The van der Waals surface area contributed by atoms with Crippen molar-refractivity contribution in [3.63, 3.8) is 0 Å². The lowest BCUT2D eigenvalue weighted by atomic mass is 9.95. The minimum atomic E-state index is -0.0460. The van der Waals surface area contributed by atoms with Gasteiger partial charge in [-0.2, -0.15) is 0 Å². The van der Waals surface area contributed by atoms with E-state index in [-0.39, 0.29) is 11.7 Å². The Morgan fingerprint density at radius 3 is 2.33 bits per heavy atom. The average molecular weight is 590 g/mol. The van der Waals surface area contributed by atoms with Crippen molar-refractivity contribution in [2.45, 2.75) is 69.6 Å². The number of anilines is 3. The summed E-state index contributed by atoms with van der Waals surface area (Å²) in [7, 11) is 0. The SMILES string of the molecule is CC(C)N(c1ccccc1)c1ccc(NC(=O)CSc2nnc(Cc3cccc4ccccc34)n2C2CCCCC2)cc1. The van der Waals surface area contributed by atoms with Crippen molar-refractivity contribution < 1.29 is 4.79 Å². The molecule has 0 radical (unpaired) electrons. The fourth-order valence-electron chi connectivity index (χ4n) is 6.22. The Morgan fingerprint density at radius 2 is 1.56 bits per heavy atom. The number of aromatic nitrogens is 3. The molecule has 0 spiro atoms. The van der Waals surface area contributed by atoms with Crippen LogP contribution in [0.4, 0.5) is 17.1 Å². The molecule has 0 aliphatic heterocycles. The highest BCUT2D eigenvalue weighted by atomic mass is 32.2. The van der Waals surface area contributed by atoms with Gasteiger partial charge in [0.15, 0.2) is 5.16 Å². The summed E-state index contributed by atoms with van der Waals surface area (Å²) >= 11 is 1.48. The van der Waals surface area contributed by atoms with E-state index in [0.29, 0.717) is 12.1 Å². The predicted molar refractivity (Wildman–Crippen MR) is 178 cm³/mol. The number of carbonyl (C=O) groups is 1. The zero-order chi connectivity index (χ0) is 29.6. The first kappa shape index (κ1) is 29.0. The first-order valence-corrected chi connectivity index (χ1v) is 16.3. The lowest BCUT2D eigenvalue weighted by Crippen LogP contribution is -2.25. The van der Waals surface area contributed by atoms with E-state index in [0.717, 1.165) is 47.3 Å². The summed E-state index contributed by atoms with van der Waals surface area (Å²) in [4.78, 5) is 15.4. The van der Waals surface area contributed by atoms with Gasteiger partial charge in [-0.15, -0.1) is 10.2 Å². The second-order valence-electron chi connectivity index (χ2n) is 11.6. The monoisotopic (exact) mass is 589 g/mol. The summed E-state index contributed by atoms with van der Waals surface area (Å²) < 4.78 is 2.33. The molecule has 0 atom stereocenters. The van der Waals surface area contributed by atoms with Crippen LogP contribution in [0.15, 0.2) is 102 Å². The van der Waals surface area contributed by atoms with Crippen LogP contribution in [0, 0.1) is 0 Å². The summed E-state index contributed by atoms with van der Waals surface area (Å²) in [6.07, 6.45) is 6.69. The number of carbonyl (C=O) groups excluding carboxylic acids is 1. The van der Waals surface area contributed by atoms with E-state index in [4.69, 9.17) is 0 Å². The Balaban J connectivity index is 1.15. The average Bonchev–Trinajstić information content (AvgIpc) is 3.44. The van der Waals surface area contributed by atoms with E-state index in [1.807, 2.05) is 18.2 Å². The Labute approximate surface area is 258 Å². The van der Waals surface area contributed by atoms with Gasteiger partial charge in [-0.25, -0.2) is 0 Å². The van der Waals surface area contributed by atoms with E-state index in [2.05, 4.69) is 118 Å². The molecule has 5 aromatic rings. The molecule has 0 bridgehead atoms. The summed E-state index contributed by atoms with van der Waals surface area (Å²) in [5.41, 5.74) is 4.28. The third-order valence-electron chi connectivity index (χ3n) is 8.22. The first-order chi connectivity index (χ1) is 21.1. The van der Waals surface area contributed by atoms with Gasteiger partial charge in [-0.1, -0.05) is 91.7 Å². The molecule has 43 heavy (non-hydrogen) atoms. The number of rotatable bonds is 10. The molecule has 6 rings (SSSR count). The molecule has 6 nitrogen and oxygen atoms in total. The largest absolute Gasteiger partial charge is 0.339 e. The molecule has 0 saturated heterocycles. The smallest absolute Gasteiger partial charge is 0.234 e. The molecule has 1 fully saturated rings. The number of hydrogen-bond acceptors (Lipinski definition) is 5. The van der Waals surface area contributed by atoms with Crippen LogP contribution in [-0.2, 0) is 11.2 Å². The third-order valence-corrected chi connectivity index (χ3v) is 9.16. The minimum Gasteiger partial charge on any atom is -0.339 e. The van der Waals surface area contributed by atoms with Gasteiger partial charge in [0.25, 0.3) is 0 Å². The molecule has 1 aliphatic carbocycles. The van der Waals surface area contributed by atoms with Gasteiger partial charge in [-0.3, -0.25) is 4.79 Å². The van der Waals surface area contributed by atoms with Crippen molar-refractivity contribution in [3.8, 4) is 0 Å². The topological polar surface area (TPSA) is 63.1 Å². The maximum Gasteiger partial charge on any atom is 0.234 e. The maximum atomic E-state index is 13.1. The highest BCUT2D eigenvalue weighted by Gasteiger charge is 2.24. The van der Waals surface area contributed by atoms with E-state index in [1.165, 1.54) is 47.4 Å². The Kier molecular flexibility index (Phi) is 9.08. The number of fused-ring (bicyclic) bond motifs is 1. The van der Waals surface area contributed by atoms with Crippen molar-refractivity contribution in [1.29, 1.82) is 0 Å². The molecule has 220 valence electrons. The lowest BCUT2D eigenvalue weighted by Gasteiger charge is -2.29. The highest BCUT2D eigenvalue weighted by molar-refractivity contribution is 7.99. The molecule has 1 saturated carbocycles. The van der Waals surface area contributed by atoms with Gasteiger partial charge >= 0.3 is 0 Å². The van der Waals surface area contributed by atoms with Crippen LogP contribution < -0.4 is 10.2 Å². The van der Waals surface area contributed by atoms with Crippen molar-refractivity contribution in [2.24, 2.45) is 0 Å². The van der Waals surface area contributed by atoms with Crippen molar-refractivity contribution in [3.05, 3.63) is 108 Å². The number of benzene rings is 4. The first-order valence-electron chi connectivity index (χ1n) is 15.3. The van der Waals surface area contributed by atoms with Gasteiger partial charge < -0.3 is 14.8 Å². The maximum absolute atomic E-state index is 13.1. The number of hydrogen-bond donors (Lipinski definition) is 1. The lowest BCUT2D eigenvalue weighted by molar-refractivity contribution is -0.113. The molecule has 1 heterocycles. The van der Waals surface area contributed by atoms with Crippen molar-refractivity contribution in [1.82, 2.24) is 14.8 Å². The Bertz CT molecular complexity index is 1650. The number of nitrogens with zero attached hydrogens (tertiary/aromatic N) is 4. The standard InChI is InChI=1S/C36H39N5OS/c1-26(2)40(30-15-5-3-6-16-30)32-22-20-29(21-23-32)37-35(42)25-43-36-39-38-34(41(36)31-17-7-4-8-18-31)24-28-14-11-13-27-12-9-10-19-33(27)28/h3,5-6,9-16,19-23,26,31H,4,7-8,17-18,24-25H2,1-2H3,(H,37,42). The predicted octanol–water partition coefficient (Wildman–Crippen LogP) is 8.80. The fourth-order valence-corrected chi connectivity index (χ4v) is 7.04. The van der Waals surface area contributed by atoms with Gasteiger partial charge in [-0.05, 0) is 79.4 Å². The summed E-state index contributed by atoms with van der Waals surface area (Å²) in [6.45, 7) is 4.36. The van der Waals surface area contributed by atoms with Gasteiger partial charge in [0.05, 0.1) is 5.75 Å². The molecular formula is C36H39N5OS. The molecule has 1 N–H and O–H groups in total.